The molecule has 0 aliphatic carbocycles. The fourth-order valence-electron chi connectivity index (χ4n) is 4.54. The predicted octanol–water partition coefficient (Wildman–Crippen LogP) is 4.58. The number of nitrogens with one attached hydrogen (secondary N) is 1. The van der Waals surface area contributed by atoms with Crippen molar-refractivity contribution in [3.8, 4) is 5.75 Å². The molecule has 2 heterocycles. The summed E-state index contributed by atoms with van der Waals surface area (Å²) in [4.78, 5) is 12.4. The quantitative estimate of drug-likeness (QED) is 0.762. The van der Waals surface area contributed by atoms with Gasteiger partial charge in [-0.2, -0.15) is 0 Å². The first-order valence-electron chi connectivity index (χ1n) is 11.2. The molecular weight excluding hydrogens is 374 g/mol. The van der Waals surface area contributed by atoms with Crippen LogP contribution in [0.25, 0.3) is 0 Å². The van der Waals surface area contributed by atoms with Crippen molar-refractivity contribution in [1.29, 1.82) is 0 Å². The average Bonchev–Trinajstić information content (AvgIpc) is 3.04. The second-order valence-electron chi connectivity index (χ2n) is 9.37. The minimum absolute atomic E-state index is 0.0915. The summed E-state index contributed by atoms with van der Waals surface area (Å²) in [5, 5.41) is 3.15. The summed E-state index contributed by atoms with van der Waals surface area (Å²) in [6.45, 7) is 8.09. The number of amides is 1. The molecule has 0 aromatic heterocycles. The van der Waals surface area contributed by atoms with Gasteiger partial charge >= 0.3 is 0 Å². The summed E-state index contributed by atoms with van der Waals surface area (Å²) >= 11 is 0. The van der Waals surface area contributed by atoms with E-state index in [9.17, 15) is 4.79 Å². The Morgan fingerprint density at radius 1 is 1.10 bits per heavy atom. The maximum atomic E-state index is 12.4. The van der Waals surface area contributed by atoms with Crippen LogP contribution in [-0.2, 0) is 28.8 Å². The fraction of sp³-hybridized carbons (Fsp3) is 0.500. The van der Waals surface area contributed by atoms with E-state index in [1.165, 1.54) is 16.7 Å². The summed E-state index contributed by atoms with van der Waals surface area (Å²) in [6.07, 6.45) is 3.96. The zero-order chi connectivity index (χ0) is 21.1. The highest BCUT2D eigenvalue weighted by Crippen LogP contribution is 2.37. The van der Waals surface area contributed by atoms with Gasteiger partial charge in [-0.3, -0.25) is 4.79 Å². The van der Waals surface area contributed by atoms with Gasteiger partial charge in [0.15, 0.2) is 0 Å². The molecule has 1 amide bonds. The molecule has 0 unspecified atom stereocenters. The first kappa shape index (κ1) is 20.9. The van der Waals surface area contributed by atoms with E-state index in [-0.39, 0.29) is 17.6 Å². The number of rotatable bonds is 6. The number of hydrogen-bond acceptors (Lipinski definition) is 3. The third kappa shape index (κ3) is 5.04. The first-order valence-corrected chi connectivity index (χ1v) is 11.2. The lowest BCUT2D eigenvalue weighted by Gasteiger charge is -2.24. The molecule has 0 radical (unpaired) electrons. The lowest BCUT2D eigenvalue weighted by molar-refractivity contribution is -0.121. The van der Waals surface area contributed by atoms with Crippen LogP contribution in [0.5, 0.6) is 5.75 Å². The van der Waals surface area contributed by atoms with Gasteiger partial charge in [-0.25, -0.2) is 0 Å². The Bertz CT molecular complexity index is 884. The zero-order valence-corrected chi connectivity index (χ0v) is 18.4. The van der Waals surface area contributed by atoms with E-state index in [1.54, 1.807) is 0 Å². The summed E-state index contributed by atoms with van der Waals surface area (Å²) in [5.74, 6) is 1.59. The summed E-state index contributed by atoms with van der Waals surface area (Å²) in [5.41, 5.74) is 4.67. The molecule has 160 valence electrons. The standard InChI is InChI=1S/C26H33NO3/c1-18(2)21-7-4-19(5-8-21)16-26(3)17-22-14-20(6-9-24(22)30-26)15-25(28)27-23-10-12-29-13-11-23/h4-9,14,18,23H,10-13,15-17H2,1-3H3,(H,27,28)/t26-/m0/s1. The van der Waals surface area contributed by atoms with Crippen molar-refractivity contribution in [2.24, 2.45) is 0 Å². The zero-order valence-electron chi connectivity index (χ0n) is 18.4. The van der Waals surface area contributed by atoms with Crippen molar-refractivity contribution >= 4 is 5.91 Å². The molecule has 2 aromatic carbocycles. The van der Waals surface area contributed by atoms with Crippen LogP contribution >= 0.6 is 0 Å². The molecular formula is C26H33NO3. The number of carbonyl (C=O) groups is 1. The van der Waals surface area contributed by atoms with Crippen LogP contribution in [0.2, 0.25) is 0 Å². The summed E-state index contributed by atoms with van der Waals surface area (Å²) < 4.78 is 11.7. The van der Waals surface area contributed by atoms with E-state index >= 15 is 0 Å². The monoisotopic (exact) mass is 407 g/mol. The lowest BCUT2D eigenvalue weighted by atomic mass is 9.90. The highest BCUT2D eigenvalue weighted by molar-refractivity contribution is 5.79. The Kier molecular flexibility index (Phi) is 6.14. The van der Waals surface area contributed by atoms with Crippen LogP contribution in [0, 0.1) is 0 Å². The Hall–Kier alpha value is -2.33. The molecule has 1 saturated heterocycles. The number of hydrogen-bond donors (Lipinski definition) is 1. The largest absolute Gasteiger partial charge is 0.487 e. The van der Waals surface area contributed by atoms with E-state index in [0.29, 0.717) is 12.3 Å². The molecule has 1 N–H and O–H groups in total. The molecule has 0 saturated carbocycles. The molecule has 0 bridgehead atoms. The van der Waals surface area contributed by atoms with Crippen molar-refractivity contribution in [2.45, 2.75) is 70.4 Å². The predicted molar refractivity (Wildman–Crippen MR) is 119 cm³/mol. The van der Waals surface area contributed by atoms with Gasteiger partial charge in [0.25, 0.3) is 0 Å². The minimum Gasteiger partial charge on any atom is -0.487 e. The first-order chi connectivity index (χ1) is 14.4. The minimum atomic E-state index is -0.245. The molecule has 1 atom stereocenters. The van der Waals surface area contributed by atoms with Crippen molar-refractivity contribution in [1.82, 2.24) is 5.32 Å². The number of carbonyl (C=O) groups excluding carboxylic acids is 1. The summed E-state index contributed by atoms with van der Waals surface area (Å²) in [6, 6.07) is 15.3. The van der Waals surface area contributed by atoms with Crippen LogP contribution in [0.4, 0.5) is 0 Å². The van der Waals surface area contributed by atoms with E-state index in [4.69, 9.17) is 9.47 Å². The second kappa shape index (κ2) is 8.81. The molecule has 0 spiro atoms. The van der Waals surface area contributed by atoms with Gasteiger partial charge in [-0.1, -0.05) is 50.2 Å². The number of fused-ring (bicyclic) bond motifs is 1. The van der Waals surface area contributed by atoms with Crippen LogP contribution < -0.4 is 10.1 Å². The van der Waals surface area contributed by atoms with Gasteiger partial charge in [0.05, 0.1) is 6.42 Å². The smallest absolute Gasteiger partial charge is 0.224 e. The van der Waals surface area contributed by atoms with Crippen LogP contribution in [-0.4, -0.2) is 30.8 Å². The molecule has 30 heavy (non-hydrogen) atoms. The molecule has 4 rings (SSSR count). The van der Waals surface area contributed by atoms with Gasteiger partial charge in [-0.05, 0) is 54.0 Å². The maximum Gasteiger partial charge on any atom is 0.224 e. The van der Waals surface area contributed by atoms with Crippen LogP contribution in [0.15, 0.2) is 42.5 Å². The van der Waals surface area contributed by atoms with Gasteiger partial charge in [0, 0.05) is 32.1 Å². The maximum absolute atomic E-state index is 12.4. The van der Waals surface area contributed by atoms with E-state index < -0.39 is 0 Å². The van der Waals surface area contributed by atoms with E-state index in [1.807, 2.05) is 12.1 Å². The molecule has 1 fully saturated rings. The summed E-state index contributed by atoms with van der Waals surface area (Å²) in [7, 11) is 0. The Morgan fingerprint density at radius 3 is 2.50 bits per heavy atom. The SMILES string of the molecule is CC(C)c1ccc(C[C@@]2(C)Cc3cc(CC(=O)NC4CCOCC4)ccc3O2)cc1. The third-order valence-corrected chi connectivity index (χ3v) is 6.22. The molecule has 2 aliphatic rings. The highest BCUT2D eigenvalue weighted by Gasteiger charge is 2.35. The van der Waals surface area contributed by atoms with E-state index in [2.05, 4.69) is 56.4 Å². The van der Waals surface area contributed by atoms with Crippen molar-refractivity contribution < 1.29 is 14.3 Å². The molecule has 2 aromatic rings. The average molecular weight is 408 g/mol. The Balaban J connectivity index is 1.37. The second-order valence-corrected chi connectivity index (χ2v) is 9.37. The number of benzene rings is 2. The topological polar surface area (TPSA) is 47.6 Å². The lowest BCUT2D eigenvalue weighted by Crippen LogP contribution is -2.39. The Morgan fingerprint density at radius 2 is 1.80 bits per heavy atom. The fourth-order valence-corrected chi connectivity index (χ4v) is 4.54. The van der Waals surface area contributed by atoms with Gasteiger partial charge < -0.3 is 14.8 Å². The van der Waals surface area contributed by atoms with Crippen molar-refractivity contribution in [3.05, 3.63) is 64.7 Å². The van der Waals surface area contributed by atoms with Crippen molar-refractivity contribution in [3.63, 3.8) is 0 Å². The molecule has 2 aliphatic heterocycles. The van der Waals surface area contributed by atoms with Gasteiger partial charge in [-0.15, -0.1) is 0 Å². The molecule has 4 nitrogen and oxygen atoms in total. The van der Waals surface area contributed by atoms with Crippen LogP contribution in [0.1, 0.15) is 61.8 Å². The Labute approximate surface area is 180 Å². The van der Waals surface area contributed by atoms with E-state index in [0.717, 1.165) is 50.2 Å². The van der Waals surface area contributed by atoms with Crippen molar-refractivity contribution in [2.75, 3.05) is 13.2 Å². The molecule has 4 heteroatoms. The van der Waals surface area contributed by atoms with Crippen LogP contribution in [0.3, 0.4) is 0 Å². The third-order valence-electron chi connectivity index (χ3n) is 6.22. The van der Waals surface area contributed by atoms with Gasteiger partial charge in [0.2, 0.25) is 5.91 Å². The number of ether oxygens (including phenoxy) is 2. The highest BCUT2D eigenvalue weighted by atomic mass is 16.5. The van der Waals surface area contributed by atoms with Gasteiger partial charge in [0.1, 0.15) is 11.4 Å². The normalized spacial score (nSPS) is 21.3.